The molecule has 0 saturated carbocycles. The molecule has 0 saturated heterocycles. The van der Waals surface area contributed by atoms with Crippen molar-refractivity contribution in [3.63, 3.8) is 0 Å². The van der Waals surface area contributed by atoms with Crippen LogP contribution in [0.3, 0.4) is 0 Å². The number of hydrogen-bond donors (Lipinski definition) is 1. The maximum absolute atomic E-state index is 6.12. The van der Waals surface area contributed by atoms with Crippen molar-refractivity contribution in [1.82, 2.24) is 5.32 Å². The number of ether oxygens (including phenoxy) is 1. The summed E-state index contributed by atoms with van der Waals surface area (Å²) in [7, 11) is 0. The van der Waals surface area contributed by atoms with E-state index in [0.29, 0.717) is 0 Å². The lowest BCUT2D eigenvalue weighted by atomic mass is 10.1. The van der Waals surface area contributed by atoms with Crippen molar-refractivity contribution in [2.45, 2.75) is 33.3 Å². The summed E-state index contributed by atoms with van der Waals surface area (Å²) in [5.41, 5.74) is 2.36. The summed E-state index contributed by atoms with van der Waals surface area (Å²) in [6.07, 6.45) is 0.983. The molecule has 0 bridgehead atoms. The zero-order chi connectivity index (χ0) is 12.3. The number of para-hydroxylation sites is 1. The van der Waals surface area contributed by atoms with E-state index in [9.17, 15) is 0 Å². The molecule has 1 atom stereocenters. The van der Waals surface area contributed by atoms with Gasteiger partial charge in [0, 0.05) is 6.54 Å². The second-order valence-corrected chi connectivity index (χ2v) is 4.43. The van der Waals surface area contributed by atoms with Crippen LogP contribution in [0.15, 0.2) is 23.2 Å². The number of nitrogens with zero attached hydrogens (tertiary/aromatic N) is 1. The number of nitrogens with one attached hydrogen (secondary N) is 1. The molecule has 1 aliphatic rings. The molecule has 0 spiro atoms. The number of benzene rings is 1. The van der Waals surface area contributed by atoms with Gasteiger partial charge in [0.15, 0.2) is 6.10 Å². The van der Waals surface area contributed by atoms with Gasteiger partial charge in [0.1, 0.15) is 11.6 Å². The third-order valence-electron chi connectivity index (χ3n) is 3.04. The predicted octanol–water partition coefficient (Wildman–Crippen LogP) is 2.46. The van der Waals surface area contributed by atoms with E-state index in [1.54, 1.807) is 0 Å². The minimum Gasteiger partial charge on any atom is -0.482 e. The molecular formula is C14H20N2O. The first kappa shape index (κ1) is 12.0. The molecule has 0 aromatic heterocycles. The fraction of sp³-hybridized carbons (Fsp3) is 0.500. The number of hydrogen-bond acceptors (Lipinski definition) is 3. The molecule has 2 rings (SSSR count). The topological polar surface area (TPSA) is 33.6 Å². The first-order valence-electron chi connectivity index (χ1n) is 6.23. The van der Waals surface area contributed by atoms with Crippen molar-refractivity contribution in [2.24, 2.45) is 4.99 Å². The van der Waals surface area contributed by atoms with Crippen molar-refractivity contribution < 1.29 is 4.74 Å². The quantitative estimate of drug-likeness (QED) is 0.865. The summed E-state index contributed by atoms with van der Waals surface area (Å²) in [4.78, 5) is 4.44. The molecule has 92 valence electrons. The smallest absolute Gasteiger partial charge is 0.155 e. The highest BCUT2D eigenvalue weighted by molar-refractivity contribution is 5.88. The zero-order valence-corrected chi connectivity index (χ0v) is 10.8. The summed E-state index contributed by atoms with van der Waals surface area (Å²) in [5, 5.41) is 3.29. The lowest BCUT2D eigenvalue weighted by molar-refractivity contribution is 0.256. The third kappa shape index (κ3) is 2.60. The molecular weight excluding hydrogens is 212 g/mol. The van der Waals surface area contributed by atoms with Crippen molar-refractivity contribution in [2.75, 3.05) is 13.1 Å². The van der Waals surface area contributed by atoms with Crippen molar-refractivity contribution in [3.8, 4) is 5.75 Å². The first-order valence-corrected chi connectivity index (χ1v) is 6.23. The average Bonchev–Trinajstić information content (AvgIpc) is 2.82. The normalized spacial score (nSPS) is 16.3. The molecule has 17 heavy (non-hydrogen) atoms. The molecule has 0 radical (unpaired) electrons. The minimum absolute atomic E-state index is 0.0531. The largest absolute Gasteiger partial charge is 0.482 e. The molecule has 0 amide bonds. The van der Waals surface area contributed by atoms with Crippen LogP contribution < -0.4 is 10.1 Å². The molecule has 1 heterocycles. The van der Waals surface area contributed by atoms with Gasteiger partial charge in [-0.05, 0) is 31.4 Å². The Balaban J connectivity index is 2.18. The van der Waals surface area contributed by atoms with Crippen LogP contribution in [0.25, 0.3) is 0 Å². The van der Waals surface area contributed by atoms with Crippen LogP contribution in [0.5, 0.6) is 5.75 Å². The highest BCUT2D eigenvalue weighted by atomic mass is 16.5. The number of aliphatic imine (C=N–C) groups is 1. The monoisotopic (exact) mass is 232 g/mol. The van der Waals surface area contributed by atoms with E-state index >= 15 is 0 Å². The van der Waals surface area contributed by atoms with Gasteiger partial charge in [0.05, 0.1) is 6.54 Å². The van der Waals surface area contributed by atoms with Gasteiger partial charge in [-0.1, -0.05) is 25.1 Å². The maximum atomic E-state index is 6.12. The van der Waals surface area contributed by atoms with Gasteiger partial charge in [0.2, 0.25) is 0 Å². The summed E-state index contributed by atoms with van der Waals surface area (Å²) in [6.45, 7) is 8.09. The Morgan fingerprint density at radius 1 is 1.35 bits per heavy atom. The Labute approximate surface area is 103 Å². The third-order valence-corrected chi connectivity index (χ3v) is 3.04. The number of aryl methyl sites for hydroxylation is 2. The minimum atomic E-state index is 0.0531. The van der Waals surface area contributed by atoms with E-state index in [4.69, 9.17) is 4.74 Å². The number of rotatable bonds is 4. The Morgan fingerprint density at radius 3 is 2.59 bits per heavy atom. The van der Waals surface area contributed by atoms with Gasteiger partial charge < -0.3 is 10.1 Å². The van der Waals surface area contributed by atoms with Crippen LogP contribution >= 0.6 is 0 Å². The van der Waals surface area contributed by atoms with Gasteiger partial charge in [0.25, 0.3) is 0 Å². The number of amidine groups is 1. The second-order valence-electron chi connectivity index (χ2n) is 4.43. The summed E-state index contributed by atoms with van der Waals surface area (Å²) in [5.74, 6) is 1.99. The van der Waals surface area contributed by atoms with E-state index in [0.717, 1.165) is 31.1 Å². The van der Waals surface area contributed by atoms with Crippen LogP contribution in [0.1, 0.15) is 24.5 Å². The molecule has 3 nitrogen and oxygen atoms in total. The Bertz CT molecular complexity index is 406. The predicted molar refractivity (Wildman–Crippen MR) is 70.9 cm³/mol. The average molecular weight is 232 g/mol. The van der Waals surface area contributed by atoms with E-state index in [2.05, 4.69) is 49.3 Å². The molecule has 0 unspecified atom stereocenters. The fourth-order valence-electron chi connectivity index (χ4n) is 2.09. The summed E-state index contributed by atoms with van der Waals surface area (Å²) in [6, 6.07) is 6.22. The van der Waals surface area contributed by atoms with Crippen LogP contribution in [0.4, 0.5) is 0 Å². The van der Waals surface area contributed by atoms with E-state index < -0.39 is 0 Å². The highest BCUT2D eigenvalue weighted by Crippen LogP contribution is 2.24. The summed E-state index contributed by atoms with van der Waals surface area (Å²) < 4.78 is 6.12. The van der Waals surface area contributed by atoms with Crippen LogP contribution in [0, 0.1) is 13.8 Å². The standard InChI is InChI=1S/C14H20N2O/c1-4-12(14-15-8-9-16-14)17-13-10(2)6-5-7-11(13)3/h5-7,12H,4,8-9H2,1-3H3,(H,15,16)/t12-/m0/s1. The van der Waals surface area contributed by atoms with Gasteiger partial charge in [-0.25, -0.2) is 0 Å². The first-order chi connectivity index (χ1) is 8.22. The van der Waals surface area contributed by atoms with Crippen LogP contribution in [0.2, 0.25) is 0 Å². The molecule has 1 aromatic rings. The highest BCUT2D eigenvalue weighted by Gasteiger charge is 2.19. The van der Waals surface area contributed by atoms with Gasteiger partial charge in [-0.15, -0.1) is 0 Å². The van der Waals surface area contributed by atoms with Crippen LogP contribution in [-0.4, -0.2) is 25.0 Å². The zero-order valence-electron chi connectivity index (χ0n) is 10.8. The lowest BCUT2D eigenvalue weighted by Gasteiger charge is -2.20. The van der Waals surface area contributed by atoms with Crippen molar-refractivity contribution >= 4 is 5.84 Å². The lowest BCUT2D eigenvalue weighted by Crippen LogP contribution is -2.35. The van der Waals surface area contributed by atoms with Crippen molar-refractivity contribution in [1.29, 1.82) is 0 Å². The Hall–Kier alpha value is -1.51. The van der Waals surface area contributed by atoms with E-state index in [1.165, 1.54) is 11.1 Å². The van der Waals surface area contributed by atoms with Crippen LogP contribution in [-0.2, 0) is 0 Å². The summed E-state index contributed by atoms with van der Waals surface area (Å²) >= 11 is 0. The fourth-order valence-corrected chi connectivity index (χ4v) is 2.09. The molecule has 1 N–H and O–H groups in total. The van der Waals surface area contributed by atoms with Gasteiger partial charge in [-0.2, -0.15) is 0 Å². The van der Waals surface area contributed by atoms with Crippen molar-refractivity contribution in [3.05, 3.63) is 29.3 Å². The Morgan fingerprint density at radius 2 is 2.06 bits per heavy atom. The molecule has 1 aliphatic heterocycles. The molecule has 1 aromatic carbocycles. The van der Waals surface area contributed by atoms with Gasteiger partial charge in [-0.3, -0.25) is 4.99 Å². The maximum Gasteiger partial charge on any atom is 0.155 e. The van der Waals surface area contributed by atoms with E-state index in [-0.39, 0.29) is 6.10 Å². The van der Waals surface area contributed by atoms with E-state index in [1.807, 2.05) is 0 Å². The second kappa shape index (κ2) is 5.21. The molecule has 3 heteroatoms. The SMILES string of the molecule is CC[C@H](Oc1c(C)cccc1C)C1=NCCN1. The van der Waals surface area contributed by atoms with Gasteiger partial charge >= 0.3 is 0 Å². The molecule has 0 aliphatic carbocycles. The Kier molecular flexibility index (Phi) is 3.67. The molecule has 0 fully saturated rings.